The van der Waals surface area contributed by atoms with Gasteiger partial charge in [0.2, 0.25) is 18.3 Å². The second-order valence-electron chi connectivity index (χ2n) is 7.41. The molecule has 8 heteroatoms. The molecule has 2 aromatic rings. The van der Waals surface area contributed by atoms with E-state index in [1.165, 1.54) is 28.3 Å². The molecule has 30 heavy (non-hydrogen) atoms. The summed E-state index contributed by atoms with van der Waals surface area (Å²) in [5, 5.41) is 10.4. The second kappa shape index (κ2) is 7.28. The van der Waals surface area contributed by atoms with Crippen molar-refractivity contribution in [3.8, 4) is 34.5 Å². The molecular weight excluding hydrogens is 392 g/mol. The predicted molar refractivity (Wildman–Crippen MR) is 106 cm³/mol. The minimum atomic E-state index is -1.23. The Hall–Kier alpha value is -3.13. The number of ketones is 1. The molecule has 0 saturated heterocycles. The number of carbonyl (C=O) groups excluding carboxylic acids is 1. The lowest BCUT2D eigenvalue weighted by molar-refractivity contribution is -0.199. The van der Waals surface area contributed by atoms with Crippen LogP contribution in [0.3, 0.4) is 0 Å². The highest BCUT2D eigenvalue weighted by Gasteiger charge is 2.51. The van der Waals surface area contributed by atoms with Gasteiger partial charge >= 0.3 is 0 Å². The van der Waals surface area contributed by atoms with Crippen LogP contribution in [-0.2, 0) is 9.53 Å². The van der Waals surface area contributed by atoms with Gasteiger partial charge in [-0.1, -0.05) is 0 Å². The van der Waals surface area contributed by atoms with E-state index in [-0.39, 0.29) is 29.8 Å². The van der Waals surface area contributed by atoms with E-state index in [1.807, 2.05) is 6.07 Å². The lowest BCUT2D eigenvalue weighted by atomic mass is 9.72. The average molecular weight is 416 g/mol. The molecule has 3 atom stereocenters. The zero-order valence-corrected chi connectivity index (χ0v) is 17.5. The molecule has 2 aliphatic heterocycles. The van der Waals surface area contributed by atoms with Crippen LogP contribution in [-0.4, -0.2) is 44.8 Å². The third-order valence-electron chi connectivity index (χ3n) is 5.76. The molecule has 160 valence electrons. The number of methoxy groups -OCH3 is 3. The average Bonchev–Trinajstić information content (AvgIpc) is 3.18. The number of ether oxygens (including phenoxy) is 6. The fourth-order valence-corrected chi connectivity index (χ4v) is 4.27. The first kappa shape index (κ1) is 20.2. The molecule has 0 saturated carbocycles. The van der Waals surface area contributed by atoms with Gasteiger partial charge < -0.3 is 33.5 Å². The highest BCUT2D eigenvalue weighted by atomic mass is 16.7. The molecule has 0 amide bonds. The van der Waals surface area contributed by atoms with E-state index in [4.69, 9.17) is 28.4 Å². The number of hydrogen-bond acceptors (Lipinski definition) is 8. The summed E-state index contributed by atoms with van der Waals surface area (Å²) in [6, 6.07) is 6.94. The lowest BCUT2D eigenvalue weighted by Gasteiger charge is -2.44. The number of carbonyl (C=O) groups is 1. The van der Waals surface area contributed by atoms with Crippen molar-refractivity contribution in [3.63, 3.8) is 0 Å². The van der Waals surface area contributed by atoms with Crippen LogP contribution in [0.15, 0.2) is 24.3 Å². The smallest absolute Gasteiger partial charge is 0.231 e. The zero-order chi connectivity index (χ0) is 21.6. The van der Waals surface area contributed by atoms with Crippen LogP contribution in [0.25, 0.3) is 0 Å². The van der Waals surface area contributed by atoms with E-state index in [0.29, 0.717) is 22.8 Å². The molecule has 0 aliphatic carbocycles. The van der Waals surface area contributed by atoms with Crippen molar-refractivity contribution in [3.05, 3.63) is 35.4 Å². The molecule has 0 spiro atoms. The predicted octanol–water partition coefficient (Wildman–Crippen LogP) is 3.23. The number of fused-ring (bicyclic) bond motifs is 2. The fourth-order valence-electron chi connectivity index (χ4n) is 4.27. The molecule has 8 nitrogen and oxygen atoms in total. The monoisotopic (exact) mass is 416 g/mol. The highest BCUT2D eigenvalue weighted by molar-refractivity contribution is 5.82. The van der Waals surface area contributed by atoms with E-state index in [0.717, 1.165) is 5.56 Å². The summed E-state index contributed by atoms with van der Waals surface area (Å²) in [6.07, 6.45) is 0. The van der Waals surface area contributed by atoms with E-state index in [9.17, 15) is 9.90 Å². The van der Waals surface area contributed by atoms with Crippen LogP contribution in [0.5, 0.6) is 34.5 Å². The molecule has 2 heterocycles. The van der Waals surface area contributed by atoms with E-state index in [1.54, 1.807) is 25.1 Å². The molecule has 0 radical (unpaired) electrons. The molecule has 0 bridgehead atoms. The number of rotatable bonds is 5. The largest absolute Gasteiger partial charge is 0.502 e. The number of phenols is 1. The van der Waals surface area contributed by atoms with Gasteiger partial charge in [0.1, 0.15) is 11.5 Å². The van der Waals surface area contributed by atoms with Crippen molar-refractivity contribution in [2.24, 2.45) is 5.92 Å². The number of hydrogen-bond donors (Lipinski definition) is 1. The molecular formula is C22H24O8. The van der Waals surface area contributed by atoms with Gasteiger partial charge in [-0.05, 0) is 30.7 Å². The van der Waals surface area contributed by atoms with Crippen molar-refractivity contribution in [2.75, 3.05) is 28.1 Å². The highest BCUT2D eigenvalue weighted by Crippen LogP contribution is 2.54. The molecule has 0 fully saturated rings. The van der Waals surface area contributed by atoms with Crippen LogP contribution in [0, 0.1) is 5.92 Å². The van der Waals surface area contributed by atoms with Crippen molar-refractivity contribution in [1.82, 2.24) is 0 Å². The van der Waals surface area contributed by atoms with Crippen molar-refractivity contribution >= 4 is 5.78 Å². The first-order valence-corrected chi connectivity index (χ1v) is 9.46. The summed E-state index contributed by atoms with van der Waals surface area (Å²) in [6.45, 7) is 3.35. The Balaban J connectivity index is 1.99. The van der Waals surface area contributed by atoms with Gasteiger partial charge in [0.05, 0.1) is 20.1 Å². The van der Waals surface area contributed by atoms with Crippen molar-refractivity contribution in [1.29, 1.82) is 0 Å². The second-order valence-corrected chi connectivity index (χ2v) is 7.41. The Morgan fingerprint density at radius 1 is 1.03 bits per heavy atom. The summed E-state index contributed by atoms with van der Waals surface area (Å²) in [4.78, 5) is 12.8. The maximum Gasteiger partial charge on any atom is 0.231 e. The molecule has 2 aliphatic rings. The van der Waals surface area contributed by atoms with Crippen LogP contribution in [0.2, 0.25) is 0 Å². The molecule has 4 rings (SSSR count). The van der Waals surface area contributed by atoms with Gasteiger partial charge in [0.25, 0.3) is 0 Å². The van der Waals surface area contributed by atoms with E-state index in [2.05, 4.69) is 0 Å². The molecule has 2 aromatic carbocycles. The summed E-state index contributed by atoms with van der Waals surface area (Å²) in [5.74, 6) is -0.486. The topological polar surface area (TPSA) is 92.7 Å². The summed E-state index contributed by atoms with van der Waals surface area (Å²) in [5.41, 5.74) is 1.44. The Labute approximate surface area is 174 Å². The van der Waals surface area contributed by atoms with Gasteiger partial charge in [-0.3, -0.25) is 4.79 Å². The van der Waals surface area contributed by atoms with Crippen LogP contribution >= 0.6 is 0 Å². The fraction of sp³-hybridized carbons (Fsp3) is 0.409. The standard InChI is InChI=1S/C22H24O8/c1-11(23)20-19(12-6-17(25-3)21(24)18(7-12)26-4)13-8-15-16(29-10-28-15)9-14(13)30-22(20,2)27-5/h6-9,19-20,24H,10H2,1-5H3/t19-,20-,22+/m0/s1. The van der Waals surface area contributed by atoms with E-state index >= 15 is 0 Å². The first-order valence-electron chi connectivity index (χ1n) is 9.46. The maximum atomic E-state index is 12.8. The Bertz CT molecular complexity index is 976. The minimum Gasteiger partial charge on any atom is -0.502 e. The normalized spacial score (nSPS) is 24.0. The number of phenolic OH excluding ortho intramolecular Hbond substituents is 1. The van der Waals surface area contributed by atoms with E-state index < -0.39 is 17.6 Å². The Morgan fingerprint density at radius 3 is 2.17 bits per heavy atom. The summed E-state index contributed by atoms with van der Waals surface area (Å²) < 4.78 is 33.6. The Kier molecular flexibility index (Phi) is 4.89. The van der Waals surface area contributed by atoms with Crippen LogP contribution in [0.1, 0.15) is 30.9 Å². The molecule has 0 unspecified atom stereocenters. The van der Waals surface area contributed by atoms with Crippen LogP contribution in [0.4, 0.5) is 0 Å². The number of benzene rings is 2. The number of Topliss-reactive ketones (excluding diaryl/α,β-unsaturated/α-hetero) is 1. The molecule has 0 aromatic heterocycles. The molecule has 1 N–H and O–H groups in total. The summed E-state index contributed by atoms with van der Waals surface area (Å²) >= 11 is 0. The third kappa shape index (κ3) is 2.99. The minimum absolute atomic E-state index is 0.112. The summed E-state index contributed by atoms with van der Waals surface area (Å²) in [7, 11) is 4.41. The Morgan fingerprint density at radius 2 is 1.63 bits per heavy atom. The van der Waals surface area contributed by atoms with Gasteiger partial charge in [0.15, 0.2) is 23.0 Å². The van der Waals surface area contributed by atoms with Gasteiger partial charge in [0, 0.05) is 31.6 Å². The SMILES string of the molecule is COc1cc([C@H]2c3cc4c(cc3O[C@@](C)(OC)[C@H]2C(C)=O)OCO4)cc(OC)c1O. The lowest BCUT2D eigenvalue weighted by Crippen LogP contribution is -2.51. The quantitative estimate of drug-likeness (QED) is 0.794. The first-order chi connectivity index (χ1) is 14.3. The van der Waals surface area contributed by atoms with Gasteiger partial charge in [-0.25, -0.2) is 0 Å². The number of aromatic hydroxyl groups is 1. The van der Waals surface area contributed by atoms with Crippen molar-refractivity contribution in [2.45, 2.75) is 25.6 Å². The van der Waals surface area contributed by atoms with Crippen molar-refractivity contribution < 1.29 is 38.3 Å². The third-order valence-corrected chi connectivity index (χ3v) is 5.76. The zero-order valence-electron chi connectivity index (χ0n) is 17.5. The van der Waals surface area contributed by atoms with Gasteiger partial charge in [-0.15, -0.1) is 0 Å². The van der Waals surface area contributed by atoms with Gasteiger partial charge in [-0.2, -0.15) is 0 Å². The maximum absolute atomic E-state index is 12.8. The van der Waals surface area contributed by atoms with Crippen LogP contribution < -0.4 is 23.7 Å².